The average molecular weight is 410 g/mol. The van der Waals surface area contributed by atoms with Crippen molar-refractivity contribution in [3.63, 3.8) is 0 Å². The fourth-order valence-electron chi connectivity index (χ4n) is 2.74. The number of hydrogen-bond acceptors (Lipinski definition) is 9. The fourth-order valence-corrected chi connectivity index (χ4v) is 2.74. The van der Waals surface area contributed by atoms with E-state index >= 15 is 0 Å². The van der Waals surface area contributed by atoms with Gasteiger partial charge in [-0.2, -0.15) is 4.52 Å². The highest BCUT2D eigenvalue weighted by Gasteiger charge is 2.14. The minimum absolute atomic E-state index is 0.138. The van der Waals surface area contributed by atoms with Crippen LogP contribution in [0, 0.1) is 0 Å². The summed E-state index contributed by atoms with van der Waals surface area (Å²) in [6, 6.07) is 10.3. The lowest BCUT2D eigenvalue weighted by molar-refractivity contribution is 0.0909. The molecule has 0 aliphatic carbocycles. The molecule has 11 heteroatoms. The first-order valence-corrected chi connectivity index (χ1v) is 8.96. The molecule has 0 saturated carbocycles. The molecule has 154 valence electrons. The molecule has 11 nitrogen and oxygen atoms in total. The van der Waals surface area contributed by atoms with E-state index in [1.807, 2.05) is 6.07 Å². The van der Waals surface area contributed by atoms with Crippen LogP contribution >= 0.6 is 0 Å². The number of carbonyl (C=O) groups is 1. The summed E-state index contributed by atoms with van der Waals surface area (Å²) in [5, 5.41) is 18.9. The van der Waals surface area contributed by atoms with E-state index in [-0.39, 0.29) is 24.8 Å². The number of amides is 1. The predicted octanol–water partition coefficient (Wildman–Crippen LogP) is 1.61. The lowest BCUT2D eigenvalue weighted by Crippen LogP contribution is -2.27. The number of fused-ring (bicyclic) bond motifs is 1. The molecule has 0 aliphatic heterocycles. The molecule has 0 fully saturated rings. The lowest BCUT2D eigenvalue weighted by atomic mass is 10.2. The van der Waals surface area contributed by atoms with E-state index in [0.717, 1.165) is 5.56 Å². The van der Waals surface area contributed by atoms with Crippen LogP contribution in [0.1, 0.15) is 10.6 Å². The van der Waals surface area contributed by atoms with Gasteiger partial charge in [0.1, 0.15) is 6.61 Å². The normalized spacial score (nSPS) is 10.7. The third-order valence-electron chi connectivity index (χ3n) is 4.18. The molecule has 30 heavy (non-hydrogen) atoms. The van der Waals surface area contributed by atoms with Crippen molar-refractivity contribution in [1.29, 1.82) is 0 Å². The van der Waals surface area contributed by atoms with Gasteiger partial charge < -0.3 is 24.1 Å². The van der Waals surface area contributed by atoms with E-state index in [4.69, 9.17) is 18.7 Å². The molecule has 3 heterocycles. The zero-order valence-electron chi connectivity index (χ0n) is 16.2. The molecule has 0 radical (unpaired) electrons. The SMILES string of the molecule is COc1ccc(-c2nnc3ccc(OCCNC(=O)c4ccno4)nn23)cc1OC. The molecule has 0 spiro atoms. The molecule has 4 aromatic rings. The maximum Gasteiger partial charge on any atom is 0.290 e. The van der Waals surface area contributed by atoms with Gasteiger partial charge in [0.2, 0.25) is 11.6 Å². The Kier molecular flexibility index (Phi) is 5.42. The number of methoxy groups -OCH3 is 2. The lowest BCUT2D eigenvalue weighted by Gasteiger charge is -2.09. The third-order valence-corrected chi connectivity index (χ3v) is 4.18. The summed E-state index contributed by atoms with van der Waals surface area (Å²) in [4.78, 5) is 11.8. The van der Waals surface area contributed by atoms with Crippen molar-refractivity contribution in [2.45, 2.75) is 0 Å². The van der Waals surface area contributed by atoms with Crippen LogP contribution in [-0.4, -0.2) is 58.2 Å². The van der Waals surface area contributed by atoms with Gasteiger partial charge in [-0.05, 0) is 24.3 Å². The van der Waals surface area contributed by atoms with Gasteiger partial charge >= 0.3 is 0 Å². The Hall–Kier alpha value is -4.15. The van der Waals surface area contributed by atoms with Crippen molar-refractivity contribution in [1.82, 2.24) is 30.3 Å². The zero-order valence-corrected chi connectivity index (χ0v) is 16.2. The maximum absolute atomic E-state index is 11.8. The van der Waals surface area contributed by atoms with Crippen LogP contribution in [0.15, 0.2) is 47.1 Å². The highest BCUT2D eigenvalue weighted by atomic mass is 16.5. The Morgan fingerprint density at radius 1 is 1.10 bits per heavy atom. The predicted molar refractivity (Wildman–Crippen MR) is 104 cm³/mol. The van der Waals surface area contributed by atoms with Gasteiger partial charge in [-0.3, -0.25) is 4.79 Å². The van der Waals surface area contributed by atoms with Crippen molar-refractivity contribution in [3.05, 3.63) is 48.4 Å². The minimum Gasteiger partial charge on any atom is -0.493 e. The molecule has 3 aromatic heterocycles. The largest absolute Gasteiger partial charge is 0.493 e. The van der Waals surface area contributed by atoms with Gasteiger partial charge in [-0.15, -0.1) is 15.3 Å². The van der Waals surface area contributed by atoms with E-state index in [1.54, 1.807) is 43.0 Å². The Balaban J connectivity index is 1.47. The van der Waals surface area contributed by atoms with Gasteiger partial charge in [0.05, 0.1) is 27.0 Å². The molecule has 1 N–H and O–H groups in total. The molecule has 4 rings (SSSR count). The number of ether oxygens (including phenoxy) is 3. The summed E-state index contributed by atoms with van der Waals surface area (Å²) in [5.41, 5.74) is 1.31. The first-order chi connectivity index (χ1) is 14.7. The minimum atomic E-state index is -0.367. The summed E-state index contributed by atoms with van der Waals surface area (Å²) in [7, 11) is 3.14. The fraction of sp³-hybridized carbons (Fsp3) is 0.211. The van der Waals surface area contributed by atoms with E-state index in [1.165, 1.54) is 12.3 Å². The molecular formula is C19H18N6O5. The molecule has 0 unspecified atom stereocenters. The van der Waals surface area contributed by atoms with Gasteiger partial charge in [0.25, 0.3) is 5.91 Å². The number of benzene rings is 1. The van der Waals surface area contributed by atoms with Gasteiger partial charge in [-0.25, -0.2) is 0 Å². The molecule has 0 aliphatic rings. The third kappa shape index (κ3) is 3.85. The quantitative estimate of drug-likeness (QED) is 0.431. The Morgan fingerprint density at radius 2 is 1.97 bits per heavy atom. The molecule has 0 atom stereocenters. The Morgan fingerprint density at radius 3 is 2.73 bits per heavy atom. The molecule has 0 saturated heterocycles. The second-order valence-electron chi connectivity index (χ2n) is 6.02. The summed E-state index contributed by atoms with van der Waals surface area (Å²) in [6.45, 7) is 0.482. The number of carbonyl (C=O) groups excluding carboxylic acids is 1. The standard InChI is InChI=1S/C19H18N6O5/c1-27-13-4-3-12(11-15(13)28-2)18-23-22-16-5-6-17(24-25(16)18)29-10-9-20-19(26)14-7-8-21-30-14/h3-8,11H,9-10H2,1-2H3,(H,20,26). The summed E-state index contributed by atoms with van der Waals surface area (Å²) < 4.78 is 22.6. The number of aromatic nitrogens is 5. The van der Waals surface area contributed by atoms with E-state index in [2.05, 4.69) is 25.8 Å². The number of nitrogens with zero attached hydrogens (tertiary/aromatic N) is 5. The van der Waals surface area contributed by atoms with E-state index < -0.39 is 0 Å². The molecule has 1 amide bonds. The molecule has 1 aromatic carbocycles. The first-order valence-electron chi connectivity index (χ1n) is 8.96. The van der Waals surface area contributed by atoms with Crippen molar-refractivity contribution in [3.8, 4) is 28.8 Å². The second-order valence-corrected chi connectivity index (χ2v) is 6.02. The van der Waals surface area contributed by atoms with Crippen LogP contribution in [0.25, 0.3) is 17.0 Å². The number of hydrogen-bond donors (Lipinski definition) is 1. The van der Waals surface area contributed by atoms with Crippen LogP contribution in [0.3, 0.4) is 0 Å². The van der Waals surface area contributed by atoms with Crippen LogP contribution in [0.5, 0.6) is 17.4 Å². The summed E-state index contributed by atoms with van der Waals surface area (Å²) >= 11 is 0. The van der Waals surface area contributed by atoms with Crippen molar-refractivity contribution < 1.29 is 23.5 Å². The van der Waals surface area contributed by atoms with Crippen molar-refractivity contribution in [2.24, 2.45) is 0 Å². The first kappa shape index (κ1) is 19.2. The van der Waals surface area contributed by atoms with E-state index in [0.29, 0.717) is 28.9 Å². The van der Waals surface area contributed by atoms with Crippen LogP contribution in [-0.2, 0) is 0 Å². The zero-order chi connectivity index (χ0) is 20.9. The monoisotopic (exact) mass is 410 g/mol. The second kappa shape index (κ2) is 8.47. The molecular weight excluding hydrogens is 392 g/mol. The highest BCUT2D eigenvalue weighted by Crippen LogP contribution is 2.31. The van der Waals surface area contributed by atoms with Crippen LogP contribution < -0.4 is 19.5 Å². The van der Waals surface area contributed by atoms with Crippen LogP contribution in [0.2, 0.25) is 0 Å². The van der Waals surface area contributed by atoms with Gasteiger partial charge in [0, 0.05) is 17.7 Å². The van der Waals surface area contributed by atoms with E-state index in [9.17, 15) is 4.79 Å². The van der Waals surface area contributed by atoms with Crippen molar-refractivity contribution in [2.75, 3.05) is 27.4 Å². The Bertz CT molecular complexity index is 1160. The van der Waals surface area contributed by atoms with Gasteiger partial charge in [-0.1, -0.05) is 5.16 Å². The topological polar surface area (TPSA) is 126 Å². The highest BCUT2D eigenvalue weighted by molar-refractivity contribution is 5.91. The van der Waals surface area contributed by atoms with Gasteiger partial charge in [0.15, 0.2) is 23.0 Å². The van der Waals surface area contributed by atoms with Crippen LogP contribution in [0.4, 0.5) is 0 Å². The number of nitrogens with one attached hydrogen (secondary N) is 1. The summed E-state index contributed by atoms with van der Waals surface area (Å²) in [6.07, 6.45) is 1.40. The summed E-state index contributed by atoms with van der Waals surface area (Å²) in [5.74, 6) is 1.83. The smallest absolute Gasteiger partial charge is 0.290 e. The van der Waals surface area contributed by atoms with Crippen molar-refractivity contribution >= 4 is 11.6 Å². The Labute approximate surface area is 170 Å². The average Bonchev–Trinajstić information content (AvgIpc) is 3.46. The molecule has 0 bridgehead atoms. The number of rotatable bonds is 8. The maximum atomic E-state index is 11.8.